The van der Waals surface area contributed by atoms with Gasteiger partial charge in [-0.1, -0.05) is 19.8 Å². The van der Waals surface area contributed by atoms with Crippen LogP contribution in [0.15, 0.2) is 16.5 Å². The summed E-state index contributed by atoms with van der Waals surface area (Å²) in [6, 6.07) is 3.44. The zero-order valence-corrected chi connectivity index (χ0v) is 11.7. The molecule has 0 aromatic carbocycles. The van der Waals surface area contributed by atoms with Crippen molar-refractivity contribution in [1.29, 1.82) is 0 Å². The fourth-order valence-corrected chi connectivity index (χ4v) is 2.78. The summed E-state index contributed by atoms with van der Waals surface area (Å²) in [6.07, 6.45) is 4.30. The Labute approximate surface area is 118 Å². The Bertz CT molecular complexity index is 480. The van der Waals surface area contributed by atoms with E-state index in [9.17, 15) is 14.7 Å². The van der Waals surface area contributed by atoms with Crippen LogP contribution in [0.25, 0.3) is 0 Å². The second kappa shape index (κ2) is 6.59. The Morgan fingerprint density at radius 2 is 2.10 bits per heavy atom. The van der Waals surface area contributed by atoms with E-state index in [1.807, 2.05) is 6.92 Å². The average Bonchev–Trinajstić information content (AvgIpc) is 2.94. The predicted molar refractivity (Wildman–Crippen MR) is 73.5 cm³/mol. The first-order valence-electron chi connectivity index (χ1n) is 7.21. The number of carboxylic acids is 1. The normalized spacial score (nSPS) is 22.4. The number of rotatable bonds is 5. The molecule has 5 nitrogen and oxygen atoms in total. The molecule has 1 aliphatic rings. The molecule has 110 valence electrons. The minimum atomic E-state index is -0.754. The Morgan fingerprint density at radius 3 is 2.75 bits per heavy atom. The second-order valence-corrected chi connectivity index (χ2v) is 5.32. The molecule has 20 heavy (non-hydrogen) atoms. The minimum Gasteiger partial charge on any atom is -0.481 e. The molecule has 1 heterocycles. The Morgan fingerprint density at radius 1 is 1.35 bits per heavy atom. The van der Waals surface area contributed by atoms with Gasteiger partial charge in [-0.25, -0.2) is 0 Å². The molecule has 5 heteroatoms. The van der Waals surface area contributed by atoms with Crippen LogP contribution in [0, 0.1) is 11.8 Å². The topological polar surface area (TPSA) is 79.5 Å². The van der Waals surface area contributed by atoms with E-state index in [-0.39, 0.29) is 17.7 Å². The molecule has 2 N–H and O–H groups in total. The van der Waals surface area contributed by atoms with Crippen LogP contribution in [-0.2, 0) is 11.2 Å². The lowest BCUT2D eigenvalue weighted by atomic mass is 9.79. The molecule has 0 spiro atoms. The summed E-state index contributed by atoms with van der Waals surface area (Å²) in [6.45, 7) is 2.36. The number of carbonyl (C=O) groups is 2. The van der Waals surface area contributed by atoms with Gasteiger partial charge in [-0.05, 0) is 30.9 Å². The molecule has 0 bridgehead atoms. The highest BCUT2D eigenvalue weighted by molar-refractivity contribution is 5.91. The van der Waals surface area contributed by atoms with Gasteiger partial charge < -0.3 is 14.8 Å². The van der Waals surface area contributed by atoms with Gasteiger partial charge in [-0.3, -0.25) is 9.59 Å². The number of furan rings is 1. The van der Waals surface area contributed by atoms with Crippen molar-refractivity contribution < 1.29 is 19.1 Å². The standard InChI is InChI=1S/C15H21NO4/c1-2-11-7-8-13(20-11)14(17)16-9-10-5-3-4-6-12(10)15(18)19/h7-8,10,12H,2-6,9H2,1H3,(H,16,17)(H,18,19). The highest BCUT2D eigenvalue weighted by Crippen LogP contribution is 2.29. The largest absolute Gasteiger partial charge is 0.481 e. The van der Waals surface area contributed by atoms with Crippen LogP contribution >= 0.6 is 0 Å². The van der Waals surface area contributed by atoms with E-state index >= 15 is 0 Å². The van der Waals surface area contributed by atoms with Crippen LogP contribution in [-0.4, -0.2) is 23.5 Å². The van der Waals surface area contributed by atoms with Crippen molar-refractivity contribution in [3.05, 3.63) is 23.7 Å². The molecule has 0 radical (unpaired) electrons. The molecule has 1 aromatic rings. The molecule has 0 saturated heterocycles. The molecule has 1 aliphatic carbocycles. The number of hydrogen-bond donors (Lipinski definition) is 2. The Balaban J connectivity index is 1.90. The first kappa shape index (κ1) is 14.6. The molecule has 2 rings (SSSR count). The molecule has 0 aliphatic heterocycles. The number of carboxylic acid groups (broad SMARTS) is 1. The lowest BCUT2D eigenvalue weighted by molar-refractivity contribution is -0.144. The van der Waals surface area contributed by atoms with E-state index in [0.29, 0.717) is 18.7 Å². The highest BCUT2D eigenvalue weighted by atomic mass is 16.4. The number of aliphatic carboxylic acids is 1. The van der Waals surface area contributed by atoms with Crippen LogP contribution in [0.5, 0.6) is 0 Å². The number of hydrogen-bond acceptors (Lipinski definition) is 3. The summed E-state index contributed by atoms with van der Waals surface area (Å²) in [4.78, 5) is 23.1. The van der Waals surface area contributed by atoms with Crippen molar-refractivity contribution in [3.8, 4) is 0 Å². The van der Waals surface area contributed by atoms with Crippen LogP contribution < -0.4 is 5.32 Å². The summed E-state index contributed by atoms with van der Waals surface area (Å²) < 4.78 is 5.38. The van der Waals surface area contributed by atoms with Crippen LogP contribution in [0.2, 0.25) is 0 Å². The summed E-state index contributed by atoms with van der Waals surface area (Å²) >= 11 is 0. The van der Waals surface area contributed by atoms with Crippen molar-refractivity contribution in [2.24, 2.45) is 11.8 Å². The van der Waals surface area contributed by atoms with E-state index in [2.05, 4.69) is 5.32 Å². The third-order valence-corrected chi connectivity index (χ3v) is 3.98. The molecular formula is C15H21NO4. The van der Waals surface area contributed by atoms with Gasteiger partial charge in [0, 0.05) is 13.0 Å². The third kappa shape index (κ3) is 3.40. The molecule has 1 amide bonds. The summed E-state index contributed by atoms with van der Waals surface area (Å²) in [5.41, 5.74) is 0. The van der Waals surface area contributed by atoms with E-state index in [1.54, 1.807) is 12.1 Å². The summed E-state index contributed by atoms with van der Waals surface area (Å²) in [5.74, 6) is -0.270. The fourth-order valence-electron chi connectivity index (χ4n) is 2.78. The lowest BCUT2D eigenvalue weighted by Gasteiger charge is -2.28. The van der Waals surface area contributed by atoms with Gasteiger partial charge in [0.15, 0.2) is 5.76 Å². The van der Waals surface area contributed by atoms with E-state index in [0.717, 1.165) is 31.4 Å². The Hall–Kier alpha value is -1.78. The van der Waals surface area contributed by atoms with Crippen LogP contribution in [0.1, 0.15) is 48.9 Å². The van der Waals surface area contributed by atoms with Crippen molar-refractivity contribution in [2.45, 2.75) is 39.0 Å². The average molecular weight is 279 g/mol. The van der Waals surface area contributed by atoms with Crippen LogP contribution in [0.3, 0.4) is 0 Å². The maximum Gasteiger partial charge on any atom is 0.306 e. The zero-order valence-electron chi connectivity index (χ0n) is 11.7. The van der Waals surface area contributed by atoms with Gasteiger partial charge in [0.25, 0.3) is 5.91 Å². The summed E-state index contributed by atoms with van der Waals surface area (Å²) in [5, 5.41) is 12.0. The third-order valence-electron chi connectivity index (χ3n) is 3.98. The number of nitrogens with one attached hydrogen (secondary N) is 1. The number of carbonyl (C=O) groups excluding carboxylic acids is 1. The van der Waals surface area contributed by atoms with Crippen molar-refractivity contribution in [3.63, 3.8) is 0 Å². The SMILES string of the molecule is CCc1ccc(C(=O)NCC2CCCCC2C(=O)O)o1. The van der Waals surface area contributed by atoms with E-state index in [1.165, 1.54) is 0 Å². The second-order valence-electron chi connectivity index (χ2n) is 5.32. The van der Waals surface area contributed by atoms with Gasteiger partial charge in [0.2, 0.25) is 0 Å². The molecule has 1 fully saturated rings. The quantitative estimate of drug-likeness (QED) is 0.867. The highest BCUT2D eigenvalue weighted by Gasteiger charge is 2.31. The zero-order chi connectivity index (χ0) is 14.5. The van der Waals surface area contributed by atoms with E-state index in [4.69, 9.17) is 4.42 Å². The number of aryl methyl sites for hydroxylation is 1. The smallest absolute Gasteiger partial charge is 0.306 e. The maximum absolute atomic E-state index is 11.9. The lowest BCUT2D eigenvalue weighted by Crippen LogP contribution is -2.37. The van der Waals surface area contributed by atoms with Gasteiger partial charge in [0.05, 0.1) is 5.92 Å². The molecule has 1 saturated carbocycles. The van der Waals surface area contributed by atoms with Gasteiger partial charge in [0.1, 0.15) is 5.76 Å². The van der Waals surface area contributed by atoms with Crippen LogP contribution in [0.4, 0.5) is 0 Å². The molecular weight excluding hydrogens is 258 g/mol. The van der Waals surface area contributed by atoms with E-state index < -0.39 is 5.97 Å². The first-order chi connectivity index (χ1) is 9.61. The van der Waals surface area contributed by atoms with Gasteiger partial charge >= 0.3 is 5.97 Å². The predicted octanol–water partition coefficient (Wildman–Crippen LogP) is 2.46. The van der Waals surface area contributed by atoms with Gasteiger partial charge in [-0.15, -0.1) is 0 Å². The van der Waals surface area contributed by atoms with Crippen molar-refractivity contribution in [2.75, 3.05) is 6.54 Å². The maximum atomic E-state index is 11.9. The summed E-state index contributed by atoms with van der Waals surface area (Å²) in [7, 11) is 0. The monoisotopic (exact) mass is 279 g/mol. The Kier molecular flexibility index (Phi) is 4.82. The van der Waals surface area contributed by atoms with Gasteiger partial charge in [-0.2, -0.15) is 0 Å². The minimum absolute atomic E-state index is 0.0193. The fraction of sp³-hybridized carbons (Fsp3) is 0.600. The molecule has 1 aromatic heterocycles. The number of amides is 1. The van der Waals surface area contributed by atoms with Crippen molar-refractivity contribution in [1.82, 2.24) is 5.32 Å². The van der Waals surface area contributed by atoms with Crippen molar-refractivity contribution >= 4 is 11.9 Å². The molecule has 2 unspecified atom stereocenters. The molecule has 2 atom stereocenters. The first-order valence-corrected chi connectivity index (χ1v) is 7.21.